The van der Waals surface area contributed by atoms with Crippen LogP contribution in [0.25, 0.3) is 0 Å². The third-order valence-electron chi connectivity index (χ3n) is 2.47. The number of alkyl halides is 1. The Morgan fingerprint density at radius 2 is 2.18 bits per heavy atom. The average molecular weight is 300 g/mol. The number of halogens is 1. The van der Waals surface area contributed by atoms with E-state index in [0.717, 1.165) is 12.8 Å². The summed E-state index contributed by atoms with van der Waals surface area (Å²) in [5, 5.41) is 12.4. The van der Waals surface area contributed by atoms with Gasteiger partial charge in [0.05, 0.1) is 6.42 Å². The van der Waals surface area contributed by atoms with E-state index in [9.17, 15) is 9.90 Å². The van der Waals surface area contributed by atoms with Crippen LogP contribution in [0, 0.1) is 0 Å². The SMILES string of the molecule is CCCC(Br)CNC(=O)Cc1ccccc1O. The Hall–Kier alpha value is -1.03. The van der Waals surface area contributed by atoms with Crippen LogP contribution in [-0.4, -0.2) is 22.4 Å². The zero-order valence-corrected chi connectivity index (χ0v) is 11.5. The van der Waals surface area contributed by atoms with Crippen molar-refractivity contribution in [1.82, 2.24) is 5.32 Å². The highest BCUT2D eigenvalue weighted by atomic mass is 79.9. The maximum Gasteiger partial charge on any atom is 0.224 e. The molecule has 94 valence electrons. The predicted molar refractivity (Wildman–Crippen MR) is 72.4 cm³/mol. The molecule has 0 bridgehead atoms. The van der Waals surface area contributed by atoms with Gasteiger partial charge in [-0.25, -0.2) is 0 Å². The number of aromatic hydroxyl groups is 1. The second kappa shape index (κ2) is 7.33. The van der Waals surface area contributed by atoms with Crippen LogP contribution in [0.1, 0.15) is 25.3 Å². The molecular formula is C13H18BrNO2. The van der Waals surface area contributed by atoms with E-state index in [1.54, 1.807) is 18.2 Å². The number of nitrogens with one attached hydrogen (secondary N) is 1. The predicted octanol–water partition coefficient (Wildman–Crippen LogP) is 2.61. The number of para-hydroxylation sites is 1. The van der Waals surface area contributed by atoms with Crippen LogP contribution < -0.4 is 5.32 Å². The highest BCUT2D eigenvalue weighted by Crippen LogP contribution is 2.15. The van der Waals surface area contributed by atoms with E-state index < -0.39 is 0 Å². The molecular weight excluding hydrogens is 282 g/mol. The second-order valence-electron chi connectivity index (χ2n) is 4.00. The average Bonchev–Trinajstić information content (AvgIpc) is 2.30. The lowest BCUT2D eigenvalue weighted by Gasteiger charge is -2.10. The third kappa shape index (κ3) is 5.22. The Morgan fingerprint density at radius 1 is 1.47 bits per heavy atom. The van der Waals surface area contributed by atoms with Gasteiger partial charge in [0.15, 0.2) is 0 Å². The molecule has 0 fully saturated rings. The summed E-state index contributed by atoms with van der Waals surface area (Å²) in [5.41, 5.74) is 0.659. The van der Waals surface area contributed by atoms with Crippen molar-refractivity contribution in [1.29, 1.82) is 0 Å². The van der Waals surface area contributed by atoms with Gasteiger partial charge in [0.1, 0.15) is 5.75 Å². The first-order chi connectivity index (χ1) is 8.13. The van der Waals surface area contributed by atoms with Gasteiger partial charge in [-0.3, -0.25) is 4.79 Å². The summed E-state index contributed by atoms with van der Waals surface area (Å²) in [7, 11) is 0. The molecule has 0 aliphatic heterocycles. The summed E-state index contributed by atoms with van der Waals surface area (Å²) in [4.78, 5) is 12.0. The number of carbonyl (C=O) groups excluding carboxylic acids is 1. The van der Waals surface area contributed by atoms with Crippen LogP contribution >= 0.6 is 15.9 Å². The molecule has 1 amide bonds. The van der Waals surface area contributed by atoms with Crippen molar-refractivity contribution in [3.63, 3.8) is 0 Å². The molecule has 17 heavy (non-hydrogen) atoms. The van der Waals surface area contributed by atoms with Gasteiger partial charge in [0, 0.05) is 16.9 Å². The van der Waals surface area contributed by atoms with Gasteiger partial charge in [-0.2, -0.15) is 0 Å². The normalized spacial score (nSPS) is 12.1. The molecule has 2 N–H and O–H groups in total. The lowest BCUT2D eigenvalue weighted by Crippen LogP contribution is -2.30. The Bertz CT molecular complexity index is 368. The minimum atomic E-state index is -0.0629. The molecule has 1 rings (SSSR count). The van der Waals surface area contributed by atoms with Crippen LogP contribution in [0.5, 0.6) is 5.75 Å². The Kier molecular flexibility index (Phi) is 6.05. The van der Waals surface area contributed by atoms with Crippen molar-refractivity contribution in [3.8, 4) is 5.75 Å². The monoisotopic (exact) mass is 299 g/mol. The molecule has 0 aliphatic carbocycles. The summed E-state index contributed by atoms with van der Waals surface area (Å²) < 4.78 is 0. The van der Waals surface area contributed by atoms with Crippen LogP contribution in [0.2, 0.25) is 0 Å². The van der Waals surface area contributed by atoms with Crippen LogP contribution in [0.15, 0.2) is 24.3 Å². The summed E-state index contributed by atoms with van der Waals surface area (Å²) in [6.45, 7) is 2.73. The van der Waals surface area contributed by atoms with Crippen LogP contribution in [-0.2, 0) is 11.2 Å². The maximum absolute atomic E-state index is 11.6. The lowest BCUT2D eigenvalue weighted by atomic mass is 10.1. The molecule has 0 aliphatic rings. The van der Waals surface area contributed by atoms with Gasteiger partial charge in [0.25, 0.3) is 0 Å². The van der Waals surface area contributed by atoms with E-state index >= 15 is 0 Å². The standard InChI is InChI=1S/C13H18BrNO2/c1-2-5-11(14)9-15-13(17)8-10-6-3-4-7-12(10)16/h3-4,6-7,11,16H,2,5,8-9H2,1H3,(H,15,17). The Labute approximate surface area is 110 Å². The van der Waals surface area contributed by atoms with Crippen LogP contribution in [0.4, 0.5) is 0 Å². The minimum Gasteiger partial charge on any atom is -0.508 e. The maximum atomic E-state index is 11.6. The number of phenols is 1. The van der Waals surface area contributed by atoms with Crippen molar-refractivity contribution in [2.75, 3.05) is 6.54 Å². The Balaban J connectivity index is 2.37. The number of benzene rings is 1. The highest BCUT2D eigenvalue weighted by molar-refractivity contribution is 9.09. The first-order valence-corrected chi connectivity index (χ1v) is 6.72. The molecule has 0 spiro atoms. The van der Waals surface area contributed by atoms with Gasteiger partial charge >= 0.3 is 0 Å². The fourth-order valence-corrected chi connectivity index (χ4v) is 2.16. The molecule has 1 unspecified atom stereocenters. The number of hydrogen-bond acceptors (Lipinski definition) is 2. The molecule has 0 saturated heterocycles. The summed E-state index contributed by atoms with van der Waals surface area (Å²) in [5.74, 6) is 0.110. The van der Waals surface area contributed by atoms with Crippen LogP contribution in [0.3, 0.4) is 0 Å². The third-order valence-corrected chi connectivity index (χ3v) is 3.25. The quantitative estimate of drug-likeness (QED) is 0.793. The van der Waals surface area contributed by atoms with Crippen molar-refractivity contribution < 1.29 is 9.90 Å². The van der Waals surface area contributed by atoms with E-state index in [2.05, 4.69) is 28.2 Å². The molecule has 0 aromatic heterocycles. The summed E-state index contributed by atoms with van der Waals surface area (Å²) in [6.07, 6.45) is 2.35. The largest absolute Gasteiger partial charge is 0.508 e. The molecule has 1 aromatic rings. The van der Waals surface area contributed by atoms with Crippen molar-refractivity contribution >= 4 is 21.8 Å². The van der Waals surface area contributed by atoms with E-state index in [4.69, 9.17) is 0 Å². The Morgan fingerprint density at radius 3 is 2.82 bits per heavy atom. The van der Waals surface area contributed by atoms with E-state index in [1.807, 2.05) is 6.07 Å². The summed E-state index contributed by atoms with van der Waals surface area (Å²) in [6, 6.07) is 6.90. The van der Waals surface area contributed by atoms with E-state index in [1.165, 1.54) is 0 Å². The molecule has 3 nitrogen and oxygen atoms in total. The number of amides is 1. The van der Waals surface area contributed by atoms with Gasteiger partial charge < -0.3 is 10.4 Å². The van der Waals surface area contributed by atoms with Gasteiger partial charge in [-0.15, -0.1) is 0 Å². The molecule has 4 heteroatoms. The minimum absolute atomic E-state index is 0.0629. The fraction of sp³-hybridized carbons (Fsp3) is 0.462. The number of phenolic OH excluding ortho intramolecular Hbond substituents is 1. The summed E-state index contributed by atoms with van der Waals surface area (Å²) >= 11 is 3.50. The zero-order valence-electron chi connectivity index (χ0n) is 9.95. The number of carbonyl (C=O) groups is 1. The molecule has 0 heterocycles. The zero-order chi connectivity index (χ0) is 12.7. The van der Waals surface area contributed by atoms with Crippen molar-refractivity contribution in [2.24, 2.45) is 0 Å². The topological polar surface area (TPSA) is 49.3 Å². The van der Waals surface area contributed by atoms with Gasteiger partial charge in [0.2, 0.25) is 5.91 Å². The number of hydrogen-bond donors (Lipinski definition) is 2. The van der Waals surface area contributed by atoms with Crippen molar-refractivity contribution in [3.05, 3.63) is 29.8 Å². The van der Waals surface area contributed by atoms with E-state index in [-0.39, 0.29) is 18.1 Å². The first-order valence-electron chi connectivity index (χ1n) is 5.81. The van der Waals surface area contributed by atoms with Crippen molar-refractivity contribution in [2.45, 2.75) is 31.0 Å². The van der Waals surface area contributed by atoms with Gasteiger partial charge in [-0.1, -0.05) is 47.5 Å². The lowest BCUT2D eigenvalue weighted by molar-refractivity contribution is -0.120. The highest BCUT2D eigenvalue weighted by Gasteiger charge is 2.08. The molecule has 1 atom stereocenters. The fourth-order valence-electron chi connectivity index (χ4n) is 1.54. The number of rotatable bonds is 6. The molecule has 0 saturated carbocycles. The molecule has 1 aromatic carbocycles. The first kappa shape index (κ1) is 14.0. The second-order valence-corrected chi connectivity index (χ2v) is 5.29. The molecule has 0 radical (unpaired) electrons. The smallest absolute Gasteiger partial charge is 0.224 e. The van der Waals surface area contributed by atoms with E-state index in [0.29, 0.717) is 16.9 Å². The van der Waals surface area contributed by atoms with Gasteiger partial charge in [-0.05, 0) is 12.5 Å².